The molecule has 0 saturated heterocycles. The van der Waals surface area contributed by atoms with Crippen molar-refractivity contribution in [2.45, 2.75) is 6.42 Å². The smallest absolute Gasteiger partial charge is 0.433 e. The first kappa shape index (κ1) is 15.3. The first-order valence-corrected chi connectivity index (χ1v) is 6.58. The van der Waals surface area contributed by atoms with Gasteiger partial charge in [0, 0.05) is 6.42 Å². The molecule has 2 aromatic rings. The van der Waals surface area contributed by atoms with Crippen LogP contribution < -0.4 is 0 Å². The minimum atomic E-state index is -0.761. The monoisotopic (exact) mass is 329 g/mol. The minimum Gasteiger partial charge on any atom is -0.459 e. The third kappa shape index (κ3) is 3.96. The van der Waals surface area contributed by atoms with E-state index >= 15 is 0 Å². The number of rotatable bonds is 5. The Kier molecular flexibility index (Phi) is 4.82. The van der Waals surface area contributed by atoms with Crippen LogP contribution in [-0.2, 0) is 11.2 Å². The fraction of sp³-hybridized carbons (Fsp3) is 0.154. The lowest BCUT2D eigenvalue weighted by molar-refractivity contribution is -0.402. The molecule has 0 aliphatic rings. The largest absolute Gasteiger partial charge is 0.459 e. The molecule has 0 aliphatic carbocycles. The molecule has 8 heteroatoms. The number of ether oxygens (including phenoxy) is 1. The van der Waals surface area contributed by atoms with Gasteiger partial charge in [-0.3, -0.25) is 10.1 Å². The standard InChI is InChI=1S/C13H9Cl2NO5/c14-9-2-1-8(7-10(9)15)5-6-20-13(17)11-3-4-12(21-11)16(18)19/h1-4,7H,5-6H2. The van der Waals surface area contributed by atoms with Crippen LogP contribution in [0.1, 0.15) is 16.1 Å². The molecule has 0 radical (unpaired) electrons. The Bertz CT molecular complexity index is 683. The molecule has 1 heterocycles. The van der Waals surface area contributed by atoms with Crippen molar-refractivity contribution in [1.82, 2.24) is 0 Å². The number of nitrogens with zero attached hydrogens (tertiary/aromatic N) is 1. The molecule has 1 aromatic heterocycles. The predicted molar refractivity (Wildman–Crippen MR) is 75.8 cm³/mol. The maximum Gasteiger partial charge on any atom is 0.433 e. The minimum absolute atomic E-state index is 0.0886. The van der Waals surface area contributed by atoms with E-state index in [1.165, 1.54) is 6.07 Å². The first-order chi connectivity index (χ1) is 9.97. The molecule has 1 aromatic carbocycles. The average Bonchev–Trinajstić information content (AvgIpc) is 2.92. The zero-order valence-electron chi connectivity index (χ0n) is 10.5. The number of halogens is 2. The molecule has 0 amide bonds. The zero-order valence-corrected chi connectivity index (χ0v) is 12.1. The van der Waals surface area contributed by atoms with E-state index in [1.807, 2.05) is 0 Å². The van der Waals surface area contributed by atoms with Crippen molar-refractivity contribution in [3.8, 4) is 0 Å². The van der Waals surface area contributed by atoms with Gasteiger partial charge >= 0.3 is 11.9 Å². The van der Waals surface area contributed by atoms with Crippen molar-refractivity contribution in [2.24, 2.45) is 0 Å². The number of hydrogen-bond donors (Lipinski definition) is 0. The molecule has 0 spiro atoms. The topological polar surface area (TPSA) is 82.6 Å². The van der Waals surface area contributed by atoms with Gasteiger partial charge in [0.2, 0.25) is 5.76 Å². The third-order valence-electron chi connectivity index (χ3n) is 2.58. The van der Waals surface area contributed by atoms with E-state index in [2.05, 4.69) is 0 Å². The number of furan rings is 1. The summed E-state index contributed by atoms with van der Waals surface area (Å²) < 4.78 is 9.70. The zero-order chi connectivity index (χ0) is 15.4. The van der Waals surface area contributed by atoms with Gasteiger partial charge < -0.3 is 9.15 Å². The van der Waals surface area contributed by atoms with E-state index in [4.69, 9.17) is 32.4 Å². The van der Waals surface area contributed by atoms with Crippen LogP contribution in [0.2, 0.25) is 10.0 Å². The summed E-state index contributed by atoms with van der Waals surface area (Å²) in [6.07, 6.45) is 0.436. The molecule has 0 N–H and O–H groups in total. The lowest BCUT2D eigenvalue weighted by atomic mass is 10.2. The quantitative estimate of drug-likeness (QED) is 0.472. The van der Waals surface area contributed by atoms with Gasteiger partial charge in [-0.2, -0.15) is 0 Å². The van der Waals surface area contributed by atoms with Crippen LogP contribution in [0.25, 0.3) is 0 Å². The van der Waals surface area contributed by atoms with Crippen LogP contribution in [0.5, 0.6) is 0 Å². The second-order valence-corrected chi connectivity index (χ2v) is 4.84. The number of nitro groups is 1. The molecule has 21 heavy (non-hydrogen) atoms. The van der Waals surface area contributed by atoms with E-state index in [1.54, 1.807) is 18.2 Å². The third-order valence-corrected chi connectivity index (χ3v) is 3.32. The SMILES string of the molecule is O=C(OCCc1ccc(Cl)c(Cl)c1)c1ccc([N+](=O)[O-])o1. The summed E-state index contributed by atoms with van der Waals surface area (Å²) in [5, 5.41) is 11.3. The molecular weight excluding hydrogens is 321 g/mol. The van der Waals surface area contributed by atoms with Crippen molar-refractivity contribution in [2.75, 3.05) is 6.61 Å². The van der Waals surface area contributed by atoms with E-state index in [9.17, 15) is 14.9 Å². The van der Waals surface area contributed by atoms with E-state index in [0.29, 0.717) is 16.5 Å². The molecular formula is C13H9Cl2NO5. The Morgan fingerprint density at radius 1 is 1.24 bits per heavy atom. The highest BCUT2D eigenvalue weighted by Gasteiger charge is 2.18. The van der Waals surface area contributed by atoms with E-state index in [0.717, 1.165) is 11.6 Å². The summed E-state index contributed by atoms with van der Waals surface area (Å²) >= 11 is 11.7. The normalized spacial score (nSPS) is 10.4. The van der Waals surface area contributed by atoms with Gasteiger partial charge in [-0.15, -0.1) is 0 Å². The van der Waals surface area contributed by atoms with Crippen molar-refractivity contribution < 1.29 is 18.9 Å². The summed E-state index contributed by atoms with van der Waals surface area (Å²) in [5.74, 6) is -1.48. The van der Waals surface area contributed by atoms with Crippen LogP contribution in [0.3, 0.4) is 0 Å². The summed E-state index contributed by atoms with van der Waals surface area (Å²) in [5.41, 5.74) is 0.850. The van der Waals surface area contributed by atoms with Gasteiger partial charge in [-0.1, -0.05) is 29.3 Å². The Morgan fingerprint density at radius 3 is 2.62 bits per heavy atom. The molecule has 2 rings (SSSR count). The van der Waals surface area contributed by atoms with Crippen LogP contribution in [0.15, 0.2) is 34.7 Å². The lowest BCUT2D eigenvalue weighted by Crippen LogP contribution is -2.07. The second-order valence-electron chi connectivity index (χ2n) is 4.03. The van der Waals surface area contributed by atoms with Gasteiger partial charge in [0.25, 0.3) is 0 Å². The highest BCUT2D eigenvalue weighted by Crippen LogP contribution is 2.23. The first-order valence-electron chi connectivity index (χ1n) is 5.82. The number of hydrogen-bond acceptors (Lipinski definition) is 5. The van der Waals surface area contributed by atoms with Crippen LogP contribution in [0.4, 0.5) is 5.88 Å². The summed E-state index contributed by atoms with van der Waals surface area (Å²) in [6.45, 7) is 0.0886. The maximum absolute atomic E-state index is 11.6. The number of carbonyl (C=O) groups is 1. The van der Waals surface area contributed by atoms with Crippen LogP contribution in [-0.4, -0.2) is 17.5 Å². The molecule has 110 valence electrons. The highest BCUT2D eigenvalue weighted by atomic mass is 35.5. The van der Waals surface area contributed by atoms with Crippen molar-refractivity contribution >= 4 is 35.1 Å². The van der Waals surface area contributed by atoms with E-state index < -0.39 is 16.8 Å². The van der Waals surface area contributed by atoms with Gasteiger partial charge in [0.1, 0.15) is 4.92 Å². The van der Waals surface area contributed by atoms with Gasteiger partial charge in [0.05, 0.1) is 22.7 Å². The molecule has 0 atom stereocenters. The maximum atomic E-state index is 11.6. The van der Waals surface area contributed by atoms with Gasteiger partial charge in [-0.25, -0.2) is 4.79 Å². The van der Waals surface area contributed by atoms with Crippen molar-refractivity contribution in [3.63, 3.8) is 0 Å². The molecule has 0 fully saturated rings. The molecule has 0 saturated carbocycles. The fourth-order valence-corrected chi connectivity index (χ4v) is 1.88. The number of benzene rings is 1. The fourth-order valence-electron chi connectivity index (χ4n) is 1.56. The molecule has 6 nitrogen and oxygen atoms in total. The van der Waals surface area contributed by atoms with E-state index in [-0.39, 0.29) is 12.4 Å². The van der Waals surface area contributed by atoms with Crippen molar-refractivity contribution in [1.29, 1.82) is 0 Å². The summed E-state index contributed by atoms with van der Waals surface area (Å²) in [6, 6.07) is 7.38. The Balaban J connectivity index is 1.88. The molecule has 0 bridgehead atoms. The number of esters is 1. The second kappa shape index (κ2) is 6.60. The lowest BCUT2D eigenvalue weighted by Gasteiger charge is -2.04. The molecule has 0 aliphatic heterocycles. The number of carbonyl (C=O) groups excluding carboxylic acids is 1. The molecule has 0 unspecified atom stereocenters. The van der Waals surface area contributed by atoms with Crippen molar-refractivity contribution in [3.05, 3.63) is 61.8 Å². The Hall–Kier alpha value is -2.05. The summed E-state index contributed by atoms with van der Waals surface area (Å²) in [4.78, 5) is 21.3. The predicted octanol–water partition coefficient (Wildman–Crippen LogP) is 3.89. The van der Waals surface area contributed by atoms with Gasteiger partial charge in [-0.05, 0) is 23.8 Å². The van der Waals surface area contributed by atoms with Crippen LogP contribution in [0, 0.1) is 10.1 Å². The Labute approximate surface area is 129 Å². The van der Waals surface area contributed by atoms with Gasteiger partial charge in [0.15, 0.2) is 0 Å². The Morgan fingerprint density at radius 2 is 2.00 bits per heavy atom. The highest BCUT2D eigenvalue weighted by molar-refractivity contribution is 6.42. The van der Waals surface area contributed by atoms with Crippen LogP contribution >= 0.6 is 23.2 Å². The average molecular weight is 330 g/mol. The summed E-state index contributed by atoms with van der Waals surface area (Å²) in [7, 11) is 0.